The first-order valence-electron chi connectivity index (χ1n) is 11.4. The standard InChI is InChI=1S/C20H22N2O4.C8H10S/c1-3-11-22(20(26)21-13-18(23)24)19(25)17-6-4-5-16(12-17)15-9-7-14(2)8-10-15;1-9-7-8-5-3-2-4-6-8/h4-10,12H,3,11,13H2,1-2H3,(H,21,26)(H,23,24);2-6H,7H2,1H3. The number of imide groups is 1. The first-order chi connectivity index (χ1) is 16.8. The predicted molar refractivity (Wildman–Crippen MR) is 143 cm³/mol. The van der Waals surface area contributed by atoms with Crippen LogP contribution in [0.5, 0.6) is 0 Å². The number of rotatable bonds is 8. The van der Waals surface area contributed by atoms with E-state index in [1.54, 1.807) is 18.2 Å². The summed E-state index contributed by atoms with van der Waals surface area (Å²) >= 11 is 1.85. The maximum atomic E-state index is 12.8. The van der Waals surface area contributed by atoms with Gasteiger partial charge in [-0.1, -0.05) is 79.2 Å². The van der Waals surface area contributed by atoms with Gasteiger partial charge < -0.3 is 10.4 Å². The van der Waals surface area contributed by atoms with Crippen LogP contribution in [-0.4, -0.2) is 47.3 Å². The first kappa shape index (κ1) is 27.7. The molecule has 0 radical (unpaired) electrons. The van der Waals surface area contributed by atoms with Crippen LogP contribution in [0.4, 0.5) is 4.79 Å². The van der Waals surface area contributed by atoms with Crippen molar-refractivity contribution in [3.8, 4) is 11.1 Å². The van der Waals surface area contributed by atoms with Crippen molar-refractivity contribution in [3.63, 3.8) is 0 Å². The number of urea groups is 1. The highest BCUT2D eigenvalue weighted by molar-refractivity contribution is 7.97. The fourth-order valence-electron chi connectivity index (χ4n) is 3.24. The molecule has 0 aromatic heterocycles. The van der Waals surface area contributed by atoms with E-state index in [1.807, 2.05) is 62.0 Å². The number of carboxylic acid groups (broad SMARTS) is 1. The fourth-order valence-corrected chi connectivity index (χ4v) is 3.77. The summed E-state index contributed by atoms with van der Waals surface area (Å²) in [4.78, 5) is 36.6. The Balaban J connectivity index is 0.000000402. The van der Waals surface area contributed by atoms with Crippen molar-refractivity contribution in [2.45, 2.75) is 26.0 Å². The molecule has 0 atom stereocenters. The second-order valence-electron chi connectivity index (χ2n) is 7.87. The second kappa shape index (κ2) is 14.6. The third-order valence-corrected chi connectivity index (χ3v) is 5.60. The SMILES string of the molecule is CCCN(C(=O)NCC(=O)O)C(=O)c1cccc(-c2ccc(C)cc2)c1.CSCc1ccccc1. The largest absolute Gasteiger partial charge is 0.480 e. The van der Waals surface area contributed by atoms with E-state index in [0.717, 1.165) is 27.3 Å². The van der Waals surface area contributed by atoms with Crippen LogP contribution in [0.2, 0.25) is 0 Å². The molecule has 2 N–H and O–H groups in total. The lowest BCUT2D eigenvalue weighted by molar-refractivity contribution is -0.135. The van der Waals surface area contributed by atoms with Gasteiger partial charge >= 0.3 is 12.0 Å². The van der Waals surface area contributed by atoms with Gasteiger partial charge in [-0.15, -0.1) is 0 Å². The predicted octanol–water partition coefficient (Wildman–Crippen LogP) is 5.86. The van der Waals surface area contributed by atoms with Crippen molar-refractivity contribution >= 4 is 29.7 Å². The molecule has 35 heavy (non-hydrogen) atoms. The summed E-state index contributed by atoms with van der Waals surface area (Å²) in [7, 11) is 0. The summed E-state index contributed by atoms with van der Waals surface area (Å²) in [6, 6.07) is 24.8. The minimum absolute atomic E-state index is 0.207. The van der Waals surface area contributed by atoms with Gasteiger partial charge in [0.05, 0.1) is 0 Å². The Morgan fingerprint density at radius 1 is 0.914 bits per heavy atom. The lowest BCUT2D eigenvalue weighted by Gasteiger charge is -2.20. The molecule has 0 unspecified atom stereocenters. The van der Waals surface area contributed by atoms with Crippen molar-refractivity contribution in [1.82, 2.24) is 10.2 Å². The van der Waals surface area contributed by atoms with Crippen molar-refractivity contribution in [2.24, 2.45) is 0 Å². The van der Waals surface area contributed by atoms with Gasteiger partial charge in [0, 0.05) is 17.9 Å². The van der Waals surface area contributed by atoms with Gasteiger partial charge in [0.2, 0.25) is 0 Å². The van der Waals surface area contributed by atoms with E-state index in [-0.39, 0.29) is 6.54 Å². The number of aliphatic carboxylic acids is 1. The molecule has 7 heteroatoms. The van der Waals surface area contributed by atoms with Crippen LogP contribution in [0.1, 0.15) is 34.8 Å². The molecule has 3 rings (SSSR count). The summed E-state index contributed by atoms with van der Waals surface area (Å²) in [5.41, 5.74) is 4.78. The molecule has 3 amide bonds. The normalized spacial score (nSPS) is 10.0. The number of nitrogens with one attached hydrogen (secondary N) is 1. The highest BCUT2D eigenvalue weighted by atomic mass is 32.2. The summed E-state index contributed by atoms with van der Waals surface area (Å²) in [5, 5.41) is 10.9. The third-order valence-electron chi connectivity index (χ3n) is 4.98. The molecule has 0 saturated heterocycles. The quantitative estimate of drug-likeness (QED) is 0.411. The summed E-state index contributed by atoms with van der Waals surface area (Å²) in [6.07, 6.45) is 2.69. The van der Waals surface area contributed by atoms with E-state index in [4.69, 9.17) is 5.11 Å². The molecule has 0 spiro atoms. The maximum Gasteiger partial charge on any atom is 0.324 e. The molecule has 6 nitrogen and oxygen atoms in total. The Bertz CT molecular complexity index is 1100. The Kier molecular flexibility index (Phi) is 11.6. The van der Waals surface area contributed by atoms with Crippen LogP contribution in [0, 0.1) is 6.92 Å². The number of carboxylic acids is 1. The van der Waals surface area contributed by atoms with Gasteiger partial charge in [0.15, 0.2) is 0 Å². The van der Waals surface area contributed by atoms with E-state index in [2.05, 4.69) is 35.8 Å². The molecular formula is C28H32N2O4S. The van der Waals surface area contributed by atoms with Crippen LogP contribution in [0.25, 0.3) is 11.1 Å². The number of benzene rings is 3. The van der Waals surface area contributed by atoms with E-state index in [1.165, 1.54) is 5.56 Å². The molecule has 0 saturated carbocycles. The van der Waals surface area contributed by atoms with Crippen LogP contribution < -0.4 is 5.32 Å². The van der Waals surface area contributed by atoms with Gasteiger partial charge in [0.1, 0.15) is 6.54 Å². The van der Waals surface area contributed by atoms with Gasteiger partial charge in [0.25, 0.3) is 5.91 Å². The van der Waals surface area contributed by atoms with Crippen molar-refractivity contribution < 1.29 is 19.5 Å². The number of carbonyl (C=O) groups is 3. The minimum atomic E-state index is -1.16. The molecule has 0 fully saturated rings. The third kappa shape index (κ3) is 9.29. The molecule has 0 aliphatic heterocycles. The van der Waals surface area contributed by atoms with Crippen LogP contribution in [0.3, 0.4) is 0 Å². The molecule has 184 valence electrons. The van der Waals surface area contributed by atoms with Crippen molar-refractivity contribution in [1.29, 1.82) is 0 Å². The highest BCUT2D eigenvalue weighted by Gasteiger charge is 2.22. The smallest absolute Gasteiger partial charge is 0.324 e. The minimum Gasteiger partial charge on any atom is -0.480 e. The number of carbonyl (C=O) groups excluding carboxylic acids is 2. The molecular weight excluding hydrogens is 460 g/mol. The monoisotopic (exact) mass is 492 g/mol. The molecule has 0 heterocycles. The summed E-state index contributed by atoms with van der Waals surface area (Å²) in [5.74, 6) is -0.492. The zero-order chi connectivity index (χ0) is 25.6. The number of nitrogens with zero attached hydrogens (tertiary/aromatic N) is 1. The lowest BCUT2D eigenvalue weighted by atomic mass is 10.0. The Morgan fingerprint density at radius 2 is 1.60 bits per heavy atom. The fraction of sp³-hybridized carbons (Fsp3) is 0.250. The van der Waals surface area contributed by atoms with E-state index in [0.29, 0.717) is 12.0 Å². The molecule has 3 aromatic carbocycles. The number of hydrogen-bond donors (Lipinski definition) is 2. The Hall–Kier alpha value is -3.58. The molecule has 0 bridgehead atoms. The average Bonchev–Trinajstić information content (AvgIpc) is 2.87. The van der Waals surface area contributed by atoms with E-state index < -0.39 is 24.5 Å². The van der Waals surface area contributed by atoms with Crippen molar-refractivity contribution in [3.05, 3.63) is 95.6 Å². The zero-order valence-corrected chi connectivity index (χ0v) is 21.2. The zero-order valence-electron chi connectivity index (χ0n) is 20.4. The second-order valence-corrected chi connectivity index (χ2v) is 8.74. The highest BCUT2D eigenvalue weighted by Crippen LogP contribution is 2.22. The molecule has 0 aliphatic rings. The van der Waals surface area contributed by atoms with Gasteiger partial charge in [-0.05, 0) is 48.4 Å². The van der Waals surface area contributed by atoms with Gasteiger partial charge in [-0.25, -0.2) is 4.79 Å². The molecule has 0 aliphatic carbocycles. The average molecular weight is 493 g/mol. The van der Waals surface area contributed by atoms with Crippen LogP contribution in [0.15, 0.2) is 78.9 Å². The van der Waals surface area contributed by atoms with Gasteiger partial charge in [-0.3, -0.25) is 14.5 Å². The Morgan fingerprint density at radius 3 is 2.20 bits per heavy atom. The Labute approximate surface area is 211 Å². The summed E-state index contributed by atoms with van der Waals surface area (Å²) < 4.78 is 0. The van der Waals surface area contributed by atoms with E-state index >= 15 is 0 Å². The van der Waals surface area contributed by atoms with Crippen molar-refractivity contribution in [2.75, 3.05) is 19.3 Å². The summed E-state index contributed by atoms with van der Waals surface area (Å²) in [6.45, 7) is 3.52. The first-order valence-corrected chi connectivity index (χ1v) is 12.8. The number of aryl methyl sites for hydroxylation is 1. The van der Waals surface area contributed by atoms with E-state index in [9.17, 15) is 14.4 Å². The maximum absolute atomic E-state index is 12.8. The van der Waals surface area contributed by atoms with Gasteiger partial charge in [-0.2, -0.15) is 11.8 Å². The van der Waals surface area contributed by atoms with Crippen LogP contribution in [-0.2, 0) is 10.5 Å². The van der Waals surface area contributed by atoms with Crippen LogP contribution >= 0.6 is 11.8 Å². The topological polar surface area (TPSA) is 86.7 Å². The number of amides is 3. The number of thioether (sulfide) groups is 1. The number of hydrogen-bond acceptors (Lipinski definition) is 4. The molecule has 3 aromatic rings. The lowest BCUT2D eigenvalue weighted by Crippen LogP contribution is -2.45.